The lowest BCUT2D eigenvalue weighted by Crippen LogP contribution is -2.26. The van der Waals surface area contributed by atoms with Gasteiger partial charge < -0.3 is 4.90 Å². The molecular weight excluding hydrogens is 200 g/mol. The normalized spacial score (nSPS) is 9.86. The third-order valence-corrected chi connectivity index (χ3v) is 2.09. The van der Waals surface area contributed by atoms with E-state index in [1.165, 1.54) is 0 Å². The fourth-order valence-electron chi connectivity index (χ4n) is 1.12. The molecule has 1 aromatic rings. The average molecular weight is 213 g/mol. The lowest BCUT2D eigenvalue weighted by molar-refractivity contribution is -0.129. The van der Waals surface area contributed by atoms with Gasteiger partial charge in [-0.3, -0.25) is 9.78 Å². The van der Waals surface area contributed by atoms with Crippen molar-refractivity contribution in [2.75, 3.05) is 12.9 Å². The Balaban J connectivity index is 2.49. The average Bonchev–Trinajstić information content (AvgIpc) is 2.19. The van der Waals surface area contributed by atoms with Crippen molar-refractivity contribution in [1.82, 2.24) is 9.88 Å². The molecule has 0 aliphatic carbocycles. The topological polar surface area (TPSA) is 33.2 Å². The minimum absolute atomic E-state index is 0.0665. The Morgan fingerprint density at radius 2 is 2.14 bits per heavy atom. The molecule has 0 fully saturated rings. The van der Waals surface area contributed by atoms with Crippen molar-refractivity contribution in [2.45, 2.75) is 13.0 Å². The number of halogens is 1. The molecule has 0 saturated carbocycles. The number of amides is 1. The van der Waals surface area contributed by atoms with Crippen molar-refractivity contribution in [3.8, 4) is 0 Å². The molecule has 0 bridgehead atoms. The zero-order chi connectivity index (χ0) is 10.4. The number of hydrogen-bond donors (Lipinski definition) is 0. The number of alkyl halides is 1. The quantitative estimate of drug-likeness (QED) is 0.712. The summed E-state index contributed by atoms with van der Waals surface area (Å²) in [4.78, 5) is 16.9. The molecule has 76 valence electrons. The van der Waals surface area contributed by atoms with E-state index in [-0.39, 0.29) is 5.91 Å². The fourth-order valence-corrected chi connectivity index (χ4v) is 1.28. The Kier molecular flexibility index (Phi) is 4.40. The van der Waals surface area contributed by atoms with Crippen LogP contribution in [0.3, 0.4) is 0 Å². The van der Waals surface area contributed by atoms with Gasteiger partial charge >= 0.3 is 0 Å². The van der Waals surface area contributed by atoms with E-state index in [1.807, 2.05) is 12.1 Å². The summed E-state index contributed by atoms with van der Waals surface area (Å²) >= 11 is 5.49. The fraction of sp³-hybridized carbons (Fsp3) is 0.400. The molecule has 1 rings (SSSR count). The van der Waals surface area contributed by atoms with E-state index < -0.39 is 0 Å². The molecule has 0 atom stereocenters. The lowest BCUT2D eigenvalue weighted by atomic mass is 10.2. The molecule has 0 spiro atoms. The number of nitrogens with zero attached hydrogens (tertiary/aromatic N) is 2. The summed E-state index contributed by atoms with van der Waals surface area (Å²) in [6.45, 7) is 0.609. The molecule has 0 saturated heterocycles. The second-order valence-electron chi connectivity index (χ2n) is 3.04. The van der Waals surface area contributed by atoms with Crippen LogP contribution in [0.4, 0.5) is 0 Å². The second-order valence-corrected chi connectivity index (χ2v) is 3.42. The maximum Gasteiger partial charge on any atom is 0.223 e. The van der Waals surface area contributed by atoms with Gasteiger partial charge in [0, 0.05) is 38.3 Å². The van der Waals surface area contributed by atoms with Crippen LogP contribution in [-0.4, -0.2) is 28.7 Å². The van der Waals surface area contributed by atoms with Crippen LogP contribution in [-0.2, 0) is 11.3 Å². The maximum atomic E-state index is 11.4. The summed E-state index contributed by atoms with van der Waals surface area (Å²) in [5.74, 6) is 0.441. The Hall–Kier alpha value is -1.09. The Bertz CT molecular complexity index is 289. The lowest BCUT2D eigenvalue weighted by Gasteiger charge is -2.16. The van der Waals surface area contributed by atoms with Gasteiger partial charge in [0.05, 0.1) is 0 Å². The van der Waals surface area contributed by atoms with Gasteiger partial charge in [0.15, 0.2) is 0 Å². The molecule has 1 aromatic heterocycles. The highest BCUT2D eigenvalue weighted by Gasteiger charge is 2.07. The van der Waals surface area contributed by atoms with Crippen LogP contribution in [0.2, 0.25) is 0 Å². The van der Waals surface area contributed by atoms with Crippen LogP contribution in [0.1, 0.15) is 12.0 Å². The van der Waals surface area contributed by atoms with Gasteiger partial charge in [-0.1, -0.05) is 0 Å². The summed E-state index contributed by atoms with van der Waals surface area (Å²) in [5.41, 5.74) is 1.07. The molecule has 0 N–H and O–H groups in total. The van der Waals surface area contributed by atoms with E-state index in [1.54, 1.807) is 24.3 Å². The SMILES string of the molecule is CN(Cc1ccncc1)C(=O)CCCl. The van der Waals surface area contributed by atoms with E-state index in [9.17, 15) is 4.79 Å². The molecule has 0 aromatic carbocycles. The van der Waals surface area contributed by atoms with E-state index in [0.29, 0.717) is 18.8 Å². The van der Waals surface area contributed by atoms with Crippen molar-refractivity contribution in [3.63, 3.8) is 0 Å². The molecular formula is C10H13ClN2O. The first kappa shape index (κ1) is 11.0. The van der Waals surface area contributed by atoms with E-state index in [4.69, 9.17) is 11.6 Å². The van der Waals surface area contributed by atoms with Crippen molar-refractivity contribution in [3.05, 3.63) is 30.1 Å². The van der Waals surface area contributed by atoms with Gasteiger partial charge in [0.2, 0.25) is 5.91 Å². The van der Waals surface area contributed by atoms with Gasteiger partial charge in [0.25, 0.3) is 0 Å². The van der Waals surface area contributed by atoms with Gasteiger partial charge in [-0.25, -0.2) is 0 Å². The highest BCUT2D eigenvalue weighted by Crippen LogP contribution is 2.02. The molecule has 3 nitrogen and oxygen atoms in total. The number of carbonyl (C=O) groups excluding carboxylic acids is 1. The molecule has 0 radical (unpaired) electrons. The van der Waals surface area contributed by atoms with Crippen molar-refractivity contribution in [1.29, 1.82) is 0 Å². The Labute approximate surface area is 88.7 Å². The second kappa shape index (κ2) is 5.60. The highest BCUT2D eigenvalue weighted by atomic mass is 35.5. The zero-order valence-electron chi connectivity index (χ0n) is 8.11. The Morgan fingerprint density at radius 3 is 2.71 bits per heavy atom. The number of hydrogen-bond acceptors (Lipinski definition) is 2. The first-order valence-corrected chi connectivity index (χ1v) is 4.96. The summed E-state index contributed by atoms with van der Waals surface area (Å²) in [5, 5.41) is 0. The molecule has 0 aliphatic rings. The standard InChI is InChI=1S/C10H13ClN2O/c1-13(10(14)2-5-11)8-9-3-6-12-7-4-9/h3-4,6-7H,2,5,8H2,1H3. The summed E-state index contributed by atoms with van der Waals surface area (Å²) in [7, 11) is 1.77. The minimum atomic E-state index is 0.0665. The smallest absolute Gasteiger partial charge is 0.223 e. The first-order chi connectivity index (χ1) is 6.74. The predicted molar refractivity (Wildman–Crippen MR) is 56.0 cm³/mol. The molecule has 0 unspecified atom stereocenters. The predicted octanol–water partition coefficient (Wildman–Crippen LogP) is 1.67. The number of carbonyl (C=O) groups is 1. The number of rotatable bonds is 4. The molecule has 1 heterocycles. The van der Waals surface area contributed by atoms with E-state index in [2.05, 4.69) is 4.98 Å². The summed E-state index contributed by atoms with van der Waals surface area (Å²) < 4.78 is 0. The molecule has 1 amide bonds. The zero-order valence-corrected chi connectivity index (χ0v) is 8.87. The van der Waals surface area contributed by atoms with Crippen LogP contribution in [0.25, 0.3) is 0 Å². The summed E-state index contributed by atoms with van der Waals surface area (Å²) in [6.07, 6.45) is 3.83. The van der Waals surface area contributed by atoms with Gasteiger partial charge in [0.1, 0.15) is 0 Å². The third kappa shape index (κ3) is 3.34. The van der Waals surface area contributed by atoms with Crippen molar-refractivity contribution >= 4 is 17.5 Å². The molecule has 14 heavy (non-hydrogen) atoms. The van der Waals surface area contributed by atoms with Gasteiger partial charge in [-0.05, 0) is 17.7 Å². The van der Waals surface area contributed by atoms with Crippen molar-refractivity contribution < 1.29 is 4.79 Å². The Morgan fingerprint density at radius 1 is 1.50 bits per heavy atom. The van der Waals surface area contributed by atoms with E-state index in [0.717, 1.165) is 5.56 Å². The van der Waals surface area contributed by atoms with Gasteiger partial charge in [-0.15, -0.1) is 11.6 Å². The molecule has 4 heteroatoms. The number of pyridine rings is 1. The van der Waals surface area contributed by atoms with E-state index >= 15 is 0 Å². The van der Waals surface area contributed by atoms with Crippen LogP contribution in [0, 0.1) is 0 Å². The largest absolute Gasteiger partial charge is 0.341 e. The van der Waals surface area contributed by atoms with Crippen LogP contribution >= 0.6 is 11.6 Å². The molecule has 0 aliphatic heterocycles. The first-order valence-electron chi connectivity index (χ1n) is 4.43. The van der Waals surface area contributed by atoms with Crippen LogP contribution < -0.4 is 0 Å². The maximum absolute atomic E-state index is 11.4. The number of aromatic nitrogens is 1. The van der Waals surface area contributed by atoms with Gasteiger partial charge in [-0.2, -0.15) is 0 Å². The summed E-state index contributed by atoms with van der Waals surface area (Å²) in [6, 6.07) is 3.79. The van der Waals surface area contributed by atoms with Crippen LogP contribution in [0.5, 0.6) is 0 Å². The third-order valence-electron chi connectivity index (χ3n) is 1.90. The minimum Gasteiger partial charge on any atom is -0.341 e. The van der Waals surface area contributed by atoms with Crippen LogP contribution in [0.15, 0.2) is 24.5 Å². The van der Waals surface area contributed by atoms with Crippen molar-refractivity contribution in [2.24, 2.45) is 0 Å². The highest BCUT2D eigenvalue weighted by molar-refractivity contribution is 6.18. The monoisotopic (exact) mass is 212 g/mol.